The zero-order valence-corrected chi connectivity index (χ0v) is 15.0. The van der Waals surface area contributed by atoms with Gasteiger partial charge in [0.05, 0.1) is 11.4 Å². The molecular formula is C17H16N4O4S. The minimum atomic E-state index is -3.39. The number of hydrogen-bond donors (Lipinski definition) is 0. The van der Waals surface area contributed by atoms with E-state index >= 15 is 0 Å². The lowest BCUT2D eigenvalue weighted by molar-refractivity contribution is 0.0769. The van der Waals surface area contributed by atoms with Gasteiger partial charge in [-0.05, 0) is 30.3 Å². The summed E-state index contributed by atoms with van der Waals surface area (Å²) in [5, 5.41) is 3.87. The Labute approximate surface area is 150 Å². The van der Waals surface area contributed by atoms with E-state index in [1.54, 1.807) is 37.6 Å². The third kappa shape index (κ3) is 3.94. The number of sulfone groups is 1. The van der Waals surface area contributed by atoms with Gasteiger partial charge in [0.15, 0.2) is 9.84 Å². The van der Waals surface area contributed by atoms with Crippen molar-refractivity contribution in [3.8, 4) is 11.4 Å². The van der Waals surface area contributed by atoms with Gasteiger partial charge in [-0.25, -0.2) is 8.42 Å². The van der Waals surface area contributed by atoms with Crippen LogP contribution in [0.4, 0.5) is 0 Å². The molecule has 0 saturated carbocycles. The fraction of sp³-hybridized carbons (Fsp3) is 0.176. The second-order valence-electron chi connectivity index (χ2n) is 5.71. The van der Waals surface area contributed by atoms with Crippen LogP contribution in [-0.4, -0.2) is 47.7 Å². The van der Waals surface area contributed by atoms with Crippen LogP contribution in [0, 0.1) is 0 Å². The van der Waals surface area contributed by atoms with Crippen molar-refractivity contribution < 1.29 is 17.7 Å². The van der Waals surface area contributed by atoms with E-state index in [1.807, 2.05) is 0 Å². The number of pyridine rings is 1. The smallest absolute Gasteiger partial charge is 0.254 e. The molecule has 1 amide bonds. The SMILES string of the molecule is CN(Cc1nc(-c2cccnc2)no1)C(=O)c1cccc(S(C)(=O)=O)c1. The Kier molecular flexibility index (Phi) is 4.81. The lowest BCUT2D eigenvalue weighted by atomic mass is 10.2. The summed E-state index contributed by atoms with van der Waals surface area (Å²) in [6.45, 7) is 0.0925. The third-order valence-electron chi connectivity index (χ3n) is 3.62. The molecule has 0 aliphatic heterocycles. The van der Waals surface area contributed by atoms with Crippen molar-refractivity contribution in [2.24, 2.45) is 0 Å². The molecule has 0 radical (unpaired) electrons. The van der Waals surface area contributed by atoms with E-state index < -0.39 is 9.84 Å². The standard InChI is InChI=1S/C17H16N4O4S/c1-21(17(22)12-5-3-7-14(9-12)26(2,23)24)11-15-19-16(20-25-15)13-6-4-8-18-10-13/h3-10H,11H2,1-2H3. The fourth-order valence-corrected chi connectivity index (χ4v) is 2.95. The molecule has 0 aliphatic rings. The van der Waals surface area contributed by atoms with Crippen LogP contribution in [0.3, 0.4) is 0 Å². The first-order valence-electron chi connectivity index (χ1n) is 7.63. The van der Waals surface area contributed by atoms with Gasteiger partial charge in [-0.3, -0.25) is 9.78 Å². The van der Waals surface area contributed by atoms with Crippen molar-refractivity contribution in [1.29, 1.82) is 0 Å². The van der Waals surface area contributed by atoms with Gasteiger partial charge in [-0.2, -0.15) is 4.98 Å². The van der Waals surface area contributed by atoms with E-state index in [9.17, 15) is 13.2 Å². The van der Waals surface area contributed by atoms with E-state index in [0.29, 0.717) is 11.4 Å². The predicted molar refractivity (Wildman–Crippen MR) is 92.9 cm³/mol. The van der Waals surface area contributed by atoms with Crippen LogP contribution in [0.25, 0.3) is 11.4 Å². The molecule has 1 aromatic carbocycles. The number of amides is 1. The Balaban J connectivity index is 1.75. The van der Waals surface area contributed by atoms with Crippen LogP contribution >= 0.6 is 0 Å². The maximum Gasteiger partial charge on any atom is 0.254 e. The summed E-state index contributed by atoms with van der Waals surface area (Å²) in [6, 6.07) is 9.45. The molecule has 0 bridgehead atoms. The summed E-state index contributed by atoms with van der Waals surface area (Å²) in [5.41, 5.74) is 0.972. The molecule has 2 heterocycles. The molecule has 0 fully saturated rings. The summed E-state index contributed by atoms with van der Waals surface area (Å²) < 4.78 is 28.5. The van der Waals surface area contributed by atoms with Crippen molar-refractivity contribution in [2.45, 2.75) is 11.4 Å². The molecule has 3 rings (SSSR count). The number of benzene rings is 1. The number of rotatable bonds is 5. The highest BCUT2D eigenvalue weighted by Crippen LogP contribution is 2.16. The normalized spacial score (nSPS) is 11.3. The number of carbonyl (C=O) groups is 1. The lowest BCUT2D eigenvalue weighted by Crippen LogP contribution is -2.26. The maximum atomic E-state index is 12.5. The van der Waals surface area contributed by atoms with Crippen molar-refractivity contribution in [3.63, 3.8) is 0 Å². The van der Waals surface area contributed by atoms with Crippen molar-refractivity contribution in [1.82, 2.24) is 20.0 Å². The molecule has 0 aliphatic carbocycles. The molecule has 0 unspecified atom stereocenters. The van der Waals surface area contributed by atoms with Crippen LogP contribution < -0.4 is 0 Å². The van der Waals surface area contributed by atoms with Gasteiger partial charge in [0.2, 0.25) is 11.7 Å². The van der Waals surface area contributed by atoms with Crippen LogP contribution in [0.15, 0.2) is 58.2 Å². The molecule has 9 heteroatoms. The summed E-state index contributed by atoms with van der Waals surface area (Å²) in [7, 11) is -1.82. The van der Waals surface area contributed by atoms with Crippen molar-refractivity contribution >= 4 is 15.7 Å². The van der Waals surface area contributed by atoms with Gasteiger partial charge >= 0.3 is 0 Å². The lowest BCUT2D eigenvalue weighted by Gasteiger charge is -2.15. The van der Waals surface area contributed by atoms with Gasteiger partial charge in [-0.1, -0.05) is 11.2 Å². The summed E-state index contributed by atoms with van der Waals surface area (Å²) in [4.78, 5) is 22.2. The van der Waals surface area contributed by atoms with Crippen LogP contribution in [0.5, 0.6) is 0 Å². The Morgan fingerprint density at radius 3 is 2.73 bits per heavy atom. The van der Waals surface area contributed by atoms with Crippen LogP contribution in [0.1, 0.15) is 16.2 Å². The minimum Gasteiger partial charge on any atom is -0.337 e. The zero-order valence-electron chi connectivity index (χ0n) is 14.2. The molecule has 0 spiro atoms. The molecule has 3 aromatic rings. The molecule has 8 nitrogen and oxygen atoms in total. The first-order chi connectivity index (χ1) is 12.3. The van der Waals surface area contributed by atoms with E-state index in [0.717, 1.165) is 6.26 Å². The van der Waals surface area contributed by atoms with Gasteiger partial charge in [-0.15, -0.1) is 0 Å². The predicted octanol–water partition coefficient (Wildman–Crippen LogP) is 1.81. The largest absolute Gasteiger partial charge is 0.337 e. The van der Waals surface area contributed by atoms with Crippen LogP contribution in [-0.2, 0) is 16.4 Å². The Bertz CT molecular complexity index is 1030. The minimum absolute atomic E-state index is 0.0911. The number of hydrogen-bond acceptors (Lipinski definition) is 7. The third-order valence-corrected chi connectivity index (χ3v) is 4.73. The Morgan fingerprint density at radius 2 is 2.04 bits per heavy atom. The molecule has 2 aromatic heterocycles. The molecule has 134 valence electrons. The first-order valence-corrected chi connectivity index (χ1v) is 9.52. The van der Waals surface area contributed by atoms with Crippen molar-refractivity contribution in [3.05, 3.63) is 60.2 Å². The van der Waals surface area contributed by atoms with Gasteiger partial charge in [0, 0.05) is 36.8 Å². The molecular weight excluding hydrogens is 356 g/mol. The Morgan fingerprint density at radius 1 is 1.23 bits per heavy atom. The summed E-state index contributed by atoms with van der Waals surface area (Å²) >= 11 is 0. The molecule has 0 atom stereocenters. The van der Waals surface area contributed by atoms with E-state index in [1.165, 1.54) is 23.1 Å². The van der Waals surface area contributed by atoms with E-state index in [-0.39, 0.29) is 28.8 Å². The molecule has 26 heavy (non-hydrogen) atoms. The first kappa shape index (κ1) is 17.7. The monoisotopic (exact) mass is 372 g/mol. The van der Waals surface area contributed by atoms with Crippen molar-refractivity contribution in [2.75, 3.05) is 13.3 Å². The zero-order chi connectivity index (χ0) is 18.7. The second-order valence-corrected chi connectivity index (χ2v) is 7.73. The van der Waals surface area contributed by atoms with Crippen LogP contribution in [0.2, 0.25) is 0 Å². The average Bonchev–Trinajstić information content (AvgIpc) is 3.09. The quantitative estimate of drug-likeness (QED) is 0.672. The average molecular weight is 372 g/mol. The fourth-order valence-electron chi connectivity index (χ4n) is 2.29. The second kappa shape index (κ2) is 7.04. The number of carbonyl (C=O) groups excluding carboxylic acids is 1. The number of nitrogens with zero attached hydrogens (tertiary/aromatic N) is 4. The van der Waals surface area contributed by atoms with Gasteiger partial charge in [0.25, 0.3) is 5.91 Å². The summed E-state index contributed by atoms with van der Waals surface area (Å²) in [6.07, 6.45) is 4.35. The highest BCUT2D eigenvalue weighted by atomic mass is 32.2. The van der Waals surface area contributed by atoms with Gasteiger partial charge < -0.3 is 9.42 Å². The maximum absolute atomic E-state index is 12.5. The van der Waals surface area contributed by atoms with Gasteiger partial charge in [0.1, 0.15) is 0 Å². The highest BCUT2D eigenvalue weighted by molar-refractivity contribution is 7.90. The highest BCUT2D eigenvalue weighted by Gasteiger charge is 2.18. The topological polar surface area (TPSA) is 106 Å². The molecule has 0 saturated heterocycles. The molecule has 0 N–H and O–H groups in total. The number of aromatic nitrogens is 3. The Hall–Kier alpha value is -3.07. The van der Waals surface area contributed by atoms with E-state index in [4.69, 9.17) is 4.52 Å². The van der Waals surface area contributed by atoms with E-state index in [2.05, 4.69) is 15.1 Å². The summed E-state index contributed by atoms with van der Waals surface area (Å²) in [5.74, 6) is 0.295.